The van der Waals surface area contributed by atoms with Gasteiger partial charge in [-0.25, -0.2) is 0 Å². The number of rotatable bonds is 9. The number of amides is 2. The molecule has 0 aliphatic carbocycles. The predicted octanol–water partition coefficient (Wildman–Crippen LogP) is 5.36. The first-order valence-electron chi connectivity index (χ1n) is 10.7. The molecule has 0 aromatic heterocycles. The van der Waals surface area contributed by atoms with Crippen molar-refractivity contribution < 1.29 is 9.59 Å². The molecule has 3 aromatic carbocycles. The summed E-state index contributed by atoms with van der Waals surface area (Å²) in [6.07, 6.45) is 0. The number of carbonyl (C=O) groups excluding carboxylic acids is 2. The van der Waals surface area contributed by atoms with E-state index in [9.17, 15) is 9.59 Å². The molecule has 2 N–H and O–H groups in total. The van der Waals surface area contributed by atoms with Crippen molar-refractivity contribution in [2.24, 2.45) is 0 Å². The highest BCUT2D eigenvalue weighted by Gasteiger charge is 2.12. The van der Waals surface area contributed by atoms with Gasteiger partial charge in [0.15, 0.2) is 0 Å². The van der Waals surface area contributed by atoms with Crippen LogP contribution in [0.5, 0.6) is 0 Å². The standard InChI is InChI=1S/C26H29N3O2S/c1-4-29(22-8-6-5-7-9-22)17-16-27-26(31)21-12-15-25(24(18-21)28-20(3)30)32-23-13-10-19(2)11-14-23/h5-15,18H,4,16-17H2,1-3H3,(H,27,31)(H,28,30). The van der Waals surface area contributed by atoms with E-state index < -0.39 is 0 Å². The van der Waals surface area contributed by atoms with E-state index in [1.165, 1.54) is 12.5 Å². The van der Waals surface area contributed by atoms with E-state index in [4.69, 9.17) is 0 Å². The Morgan fingerprint density at radius 1 is 0.969 bits per heavy atom. The maximum Gasteiger partial charge on any atom is 0.251 e. The Morgan fingerprint density at radius 2 is 1.69 bits per heavy atom. The van der Waals surface area contributed by atoms with Gasteiger partial charge in [0.05, 0.1) is 5.69 Å². The molecule has 0 spiro atoms. The predicted molar refractivity (Wildman–Crippen MR) is 133 cm³/mol. The average molecular weight is 448 g/mol. The fourth-order valence-electron chi connectivity index (χ4n) is 3.30. The van der Waals surface area contributed by atoms with Crippen LogP contribution in [0.4, 0.5) is 11.4 Å². The molecule has 0 fully saturated rings. The van der Waals surface area contributed by atoms with Crippen LogP contribution in [0, 0.1) is 6.92 Å². The average Bonchev–Trinajstić information content (AvgIpc) is 2.79. The quantitative estimate of drug-likeness (QED) is 0.463. The van der Waals surface area contributed by atoms with Crippen LogP contribution in [0.15, 0.2) is 82.6 Å². The van der Waals surface area contributed by atoms with E-state index in [0.29, 0.717) is 24.3 Å². The van der Waals surface area contributed by atoms with E-state index >= 15 is 0 Å². The van der Waals surface area contributed by atoms with E-state index in [1.54, 1.807) is 23.9 Å². The molecular weight excluding hydrogens is 418 g/mol. The number of nitrogens with one attached hydrogen (secondary N) is 2. The summed E-state index contributed by atoms with van der Waals surface area (Å²) >= 11 is 1.55. The lowest BCUT2D eigenvalue weighted by Crippen LogP contribution is -2.35. The molecule has 0 saturated heterocycles. The van der Waals surface area contributed by atoms with Crippen molar-refractivity contribution in [3.05, 3.63) is 83.9 Å². The normalized spacial score (nSPS) is 10.5. The van der Waals surface area contributed by atoms with Crippen LogP contribution in [0.3, 0.4) is 0 Å². The van der Waals surface area contributed by atoms with E-state index in [2.05, 4.69) is 46.7 Å². The number of benzene rings is 3. The molecule has 0 radical (unpaired) electrons. The number of anilines is 2. The molecule has 3 aromatic rings. The van der Waals surface area contributed by atoms with Crippen molar-refractivity contribution in [2.75, 3.05) is 29.9 Å². The Bertz CT molecular complexity index is 1050. The third-order valence-corrected chi connectivity index (χ3v) is 6.06. The Kier molecular flexibility index (Phi) is 8.34. The second-order valence-corrected chi connectivity index (χ2v) is 8.59. The minimum atomic E-state index is -0.172. The molecule has 0 atom stereocenters. The molecule has 32 heavy (non-hydrogen) atoms. The van der Waals surface area contributed by atoms with Crippen LogP contribution < -0.4 is 15.5 Å². The summed E-state index contributed by atoms with van der Waals surface area (Å²) in [5, 5.41) is 5.85. The van der Waals surface area contributed by atoms with Crippen LogP contribution in [0.2, 0.25) is 0 Å². The van der Waals surface area contributed by atoms with Gasteiger partial charge in [0.1, 0.15) is 0 Å². The molecule has 2 amide bonds. The summed E-state index contributed by atoms with van der Waals surface area (Å²) in [6, 6.07) is 23.8. The summed E-state index contributed by atoms with van der Waals surface area (Å²) in [6.45, 7) is 7.71. The van der Waals surface area contributed by atoms with Crippen molar-refractivity contribution in [2.45, 2.75) is 30.6 Å². The van der Waals surface area contributed by atoms with E-state index in [1.807, 2.05) is 43.3 Å². The summed E-state index contributed by atoms with van der Waals surface area (Å²) in [7, 11) is 0. The summed E-state index contributed by atoms with van der Waals surface area (Å²) in [5.74, 6) is -0.331. The number of likely N-dealkylation sites (N-methyl/N-ethyl adjacent to an activating group) is 1. The molecule has 0 bridgehead atoms. The Morgan fingerprint density at radius 3 is 2.34 bits per heavy atom. The lowest BCUT2D eigenvalue weighted by Gasteiger charge is -2.23. The topological polar surface area (TPSA) is 61.4 Å². The van der Waals surface area contributed by atoms with Gasteiger partial charge in [-0.1, -0.05) is 47.7 Å². The van der Waals surface area contributed by atoms with Crippen molar-refractivity contribution in [1.82, 2.24) is 5.32 Å². The van der Waals surface area contributed by atoms with Gasteiger partial charge >= 0.3 is 0 Å². The Labute approximate surface area is 194 Å². The Hall–Kier alpha value is -3.25. The lowest BCUT2D eigenvalue weighted by molar-refractivity contribution is -0.114. The molecule has 0 heterocycles. The summed E-state index contributed by atoms with van der Waals surface area (Å²) in [4.78, 5) is 28.7. The molecule has 6 heteroatoms. The number of carbonyl (C=O) groups is 2. The number of aryl methyl sites for hydroxylation is 1. The largest absolute Gasteiger partial charge is 0.370 e. The minimum absolute atomic E-state index is 0.160. The van der Waals surface area contributed by atoms with Gasteiger partial charge in [-0.2, -0.15) is 0 Å². The first kappa shape index (κ1) is 23.4. The van der Waals surface area contributed by atoms with Crippen LogP contribution >= 0.6 is 11.8 Å². The van der Waals surface area contributed by atoms with E-state index in [0.717, 1.165) is 22.0 Å². The molecule has 166 valence electrons. The minimum Gasteiger partial charge on any atom is -0.370 e. The van der Waals surface area contributed by atoms with E-state index in [-0.39, 0.29) is 11.8 Å². The highest BCUT2D eigenvalue weighted by molar-refractivity contribution is 7.99. The van der Waals surface area contributed by atoms with Crippen molar-refractivity contribution in [3.8, 4) is 0 Å². The molecule has 0 unspecified atom stereocenters. The summed E-state index contributed by atoms with van der Waals surface area (Å²) < 4.78 is 0. The molecular formula is C26H29N3O2S. The van der Waals surface area contributed by atoms with Crippen molar-refractivity contribution in [1.29, 1.82) is 0 Å². The van der Waals surface area contributed by atoms with Crippen LogP contribution in [0.25, 0.3) is 0 Å². The van der Waals surface area contributed by atoms with Crippen molar-refractivity contribution >= 4 is 35.0 Å². The molecule has 5 nitrogen and oxygen atoms in total. The highest BCUT2D eigenvalue weighted by Crippen LogP contribution is 2.34. The van der Waals surface area contributed by atoms with Gasteiger partial charge < -0.3 is 15.5 Å². The van der Waals surface area contributed by atoms with Crippen LogP contribution in [0.1, 0.15) is 29.8 Å². The fourth-order valence-corrected chi connectivity index (χ4v) is 4.18. The van der Waals surface area contributed by atoms with Crippen molar-refractivity contribution in [3.63, 3.8) is 0 Å². The molecule has 3 rings (SSSR count). The highest BCUT2D eigenvalue weighted by atomic mass is 32.2. The van der Waals surface area contributed by atoms with Crippen LogP contribution in [-0.4, -0.2) is 31.4 Å². The van der Waals surface area contributed by atoms with Gasteiger partial charge in [0.25, 0.3) is 5.91 Å². The van der Waals surface area contributed by atoms with Crippen LogP contribution in [-0.2, 0) is 4.79 Å². The zero-order valence-corrected chi connectivity index (χ0v) is 19.5. The smallest absolute Gasteiger partial charge is 0.251 e. The maximum absolute atomic E-state index is 12.7. The zero-order valence-electron chi connectivity index (χ0n) is 18.7. The number of nitrogens with zero attached hydrogens (tertiary/aromatic N) is 1. The number of hydrogen-bond acceptors (Lipinski definition) is 4. The monoisotopic (exact) mass is 447 g/mol. The number of hydrogen-bond donors (Lipinski definition) is 2. The summed E-state index contributed by atoms with van der Waals surface area (Å²) in [5.41, 5.74) is 3.48. The molecule has 0 aliphatic heterocycles. The third-order valence-electron chi connectivity index (χ3n) is 4.97. The first-order chi connectivity index (χ1) is 15.5. The SMILES string of the molecule is CCN(CCNC(=O)c1ccc(Sc2ccc(C)cc2)c(NC(C)=O)c1)c1ccccc1. The zero-order chi connectivity index (χ0) is 22.9. The number of para-hydroxylation sites is 1. The molecule has 0 aliphatic rings. The maximum atomic E-state index is 12.7. The second-order valence-electron chi connectivity index (χ2n) is 7.48. The Balaban J connectivity index is 1.67. The first-order valence-corrected chi connectivity index (χ1v) is 11.5. The third kappa shape index (κ3) is 6.62. The lowest BCUT2D eigenvalue weighted by atomic mass is 10.2. The van der Waals surface area contributed by atoms with Gasteiger partial charge in [0.2, 0.25) is 5.91 Å². The molecule has 0 saturated carbocycles. The van der Waals surface area contributed by atoms with Gasteiger partial charge in [0, 0.05) is 47.6 Å². The van der Waals surface area contributed by atoms with Gasteiger partial charge in [-0.15, -0.1) is 0 Å². The van der Waals surface area contributed by atoms with Gasteiger partial charge in [-0.3, -0.25) is 9.59 Å². The fraction of sp³-hybridized carbons (Fsp3) is 0.231. The van der Waals surface area contributed by atoms with Gasteiger partial charge in [-0.05, 0) is 56.3 Å². The second kappa shape index (κ2) is 11.4.